The third-order valence-electron chi connectivity index (χ3n) is 2.47. The summed E-state index contributed by atoms with van der Waals surface area (Å²) in [5.74, 6) is 2.35. The van der Waals surface area contributed by atoms with Gasteiger partial charge in [-0.15, -0.1) is 0 Å². The number of carbonyl (C=O) groups is 1. The average Bonchev–Trinajstić information content (AvgIpc) is 2.81. The van der Waals surface area contributed by atoms with Crippen molar-refractivity contribution in [2.24, 2.45) is 0 Å². The van der Waals surface area contributed by atoms with Crippen LogP contribution < -0.4 is 5.32 Å². The fraction of sp³-hybridized carbons (Fsp3) is 0.308. The summed E-state index contributed by atoms with van der Waals surface area (Å²) in [6, 6.07) is 12.2. The molecular weight excluding hydrogens is 200 g/mol. The number of anilines is 1. The summed E-state index contributed by atoms with van der Waals surface area (Å²) in [7, 11) is 0. The maximum Gasteiger partial charge on any atom is 0.302 e. The minimum absolute atomic E-state index is 0.252. The number of nitrogens with one attached hydrogen (secondary N) is 1. The van der Waals surface area contributed by atoms with Crippen LogP contribution in [0.2, 0.25) is 0 Å². The van der Waals surface area contributed by atoms with Gasteiger partial charge in [0.1, 0.15) is 0 Å². The molecule has 2 rings (SSSR count). The monoisotopic (exact) mass is 214 g/mol. The van der Waals surface area contributed by atoms with Crippen LogP contribution in [0.15, 0.2) is 30.3 Å². The molecule has 16 heavy (non-hydrogen) atoms. The minimum Gasteiger partial charge on any atom is -0.332 e. The van der Waals surface area contributed by atoms with Gasteiger partial charge in [-0.2, -0.15) is 0 Å². The molecular formula is C13H14N2O. The molecule has 0 bridgehead atoms. The van der Waals surface area contributed by atoms with Crippen LogP contribution in [0, 0.1) is 12.0 Å². The van der Waals surface area contributed by atoms with Gasteiger partial charge in [-0.25, -0.2) is 0 Å². The highest BCUT2D eigenvalue weighted by molar-refractivity contribution is 6.03. The van der Waals surface area contributed by atoms with Gasteiger partial charge in [-0.1, -0.05) is 18.2 Å². The minimum atomic E-state index is -0.252. The van der Waals surface area contributed by atoms with Crippen LogP contribution in [0.4, 0.5) is 5.69 Å². The number of rotatable bonds is 1. The van der Waals surface area contributed by atoms with E-state index in [-0.39, 0.29) is 5.91 Å². The van der Waals surface area contributed by atoms with E-state index in [0.29, 0.717) is 0 Å². The van der Waals surface area contributed by atoms with E-state index in [1.165, 1.54) is 12.8 Å². The number of para-hydroxylation sites is 1. The molecule has 1 saturated heterocycles. The summed E-state index contributed by atoms with van der Waals surface area (Å²) in [5.41, 5.74) is 0.781. The summed E-state index contributed by atoms with van der Waals surface area (Å²) in [6.45, 7) is 1.96. The van der Waals surface area contributed by atoms with Crippen LogP contribution >= 0.6 is 0 Å². The van der Waals surface area contributed by atoms with E-state index in [4.69, 9.17) is 0 Å². The molecule has 1 fully saturated rings. The lowest BCUT2D eigenvalue weighted by Crippen LogP contribution is -2.14. The van der Waals surface area contributed by atoms with Gasteiger partial charge in [0.25, 0.3) is 0 Å². The Balaban J connectivity index is 1.88. The van der Waals surface area contributed by atoms with Crippen LogP contribution in [0.3, 0.4) is 0 Å². The number of nitrogens with zero attached hydrogens (tertiary/aromatic N) is 1. The number of benzene rings is 1. The topological polar surface area (TPSA) is 32.3 Å². The van der Waals surface area contributed by atoms with Crippen molar-refractivity contribution in [3.63, 3.8) is 0 Å². The summed E-state index contributed by atoms with van der Waals surface area (Å²) in [5, 5.41) is 2.73. The molecule has 0 aliphatic carbocycles. The van der Waals surface area contributed by atoms with Gasteiger partial charge < -0.3 is 10.2 Å². The molecule has 1 aromatic rings. The van der Waals surface area contributed by atoms with E-state index in [9.17, 15) is 4.79 Å². The molecule has 0 aromatic heterocycles. The molecule has 82 valence electrons. The summed E-state index contributed by atoms with van der Waals surface area (Å²) < 4.78 is 0. The first kappa shape index (κ1) is 10.6. The number of hydrogen-bond acceptors (Lipinski definition) is 2. The van der Waals surface area contributed by atoms with Crippen molar-refractivity contribution in [2.45, 2.75) is 12.8 Å². The summed E-state index contributed by atoms with van der Waals surface area (Å²) in [4.78, 5) is 13.4. The Morgan fingerprint density at radius 3 is 2.56 bits per heavy atom. The second-order valence-corrected chi connectivity index (χ2v) is 3.75. The van der Waals surface area contributed by atoms with Crippen molar-refractivity contribution in [2.75, 3.05) is 18.4 Å². The first-order valence-corrected chi connectivity index (χ1v) is 5.47. The van der Waals surface area contributed by atoms with Crippen LogP contribution in [0.1, 0.15) is 12.8 Å². The zero-order valence-electron chi connectivity index (χ0n) is 9.07. The third-order valence-corrected chi connectivity index (χ3v) is 2.47. The molecule has 0 unspecified atom stereocenters. The number of carbonyl (C=O) groups excluding carboxylic acids is 1. The van der Waals surface area contributed by atoms with Crippen molar-refractivity contribution >= 4 is 11.6 Å². The van der Waals surface area contributed by atoms with Gasteiger partial charge in [-0.3, -0.25) is 4.79 Å². The fourth-order valence-electron chi connectivity index (χ4n) is 1.64. The van der Waals surface area contributed by atoms with Gasteiger partial charge in [0.15, 0.2) is 0 Å². The Bertz CT molecular complexity index is 411. The van der Waals surface area contributed by atoms with Gasteiger partial charge in [-0.05, 0) is 25.0 Å². The van der Waals surface area contributed by atoms with Crippen molar-refractivity contribution < 1.29 is 4.79 Å². The summed E-state index contributed by atoms with van der Waals surface area (Å²) >= 11 is 0. The van der Waals surface area contributed by atoms with Crippen LogP contribution in [0.25, 0.3) is 0 Å². The molecule has 3 nitrogen and oxygen atoms in total. The lowest BCUT2D eigenvalue weighted by Gasteiger charge is -2.05. The van der Waals surface area contributed by atoms with Crippen LogP contribution in [0.5, 0.6) is 0 Å². The van der Waals surface area contributed by atoms with Gasteiger partial charge >= 0.3 is 5.91 Å². The largest absolute Gasteiger partial charge is 0.332 e. The maximum atomic E-state index is 11.5. The smallest absolute Gasteiger partial charge is 0.302 e. The van der Waals surface area contributed by atoms with E-state index in [2.05, 4.69) is 17.3 Å². The van der Waals surface area contributed by atoms with Crippen molar-refractivity contribution in [3.8, 4) is 12.0 Å². The first-order valence-electron chi connectivity index (χ1n) is 5.47. The second kappa shape index (κ2) is 5.22. The average molecular weight is 214 g/mol. The molecule has 0 spiro atoms. The maximum absolute atomic E-state index is 11.5. The molecule has 1 heterocycles. The summed E-state index contributed by atoms with van der Waals surface area (Å²) in [6.07, 6.45) is 2.35. The molecule has 1 amide bonds. The predicted molar refractivity (Wildman–Crippen MR) is 63.7 cm³/mol. The van der Waals surface area contributed by atoms with Crippen molar-refractivity contribution in [1.29, 1.82) is 0 Å². The van der Waals surface area contributed by atoms with Crippen LogP contribution in [-0.4, -0.2) is 23.9 Å². The highest BCUT2D eigenvalue weighted by Crippen LogP contribution is 2.05. The van der Waals surface area contributed by atoms with Crippen LogP contribution in [-0.2, 0) is 4.79 Å². The third kappa shape index (κ3) is 3.03. The van der Waals surface area contributed by atoms with E-state index >= 15 is 0 Å². The standard InChI is InChI=1S/C13H14N2O/c16-13(8-11-15-9-4-5-10-15)14-12-6-2-1-3-7-12/h1-3,6-7H,4-5,9-10H2,(H,14,16). The Hall–Kier alpha value is -1.95. The normalized spacial score (nSPS) is 14.1. The highest BCUT2D eigenvalue weighted by atomic mass is 16.1. The Morgan fingerprint density at radius 2 is 1.88 bits per heavy atom. The van der Waals surface area contributed by atoms with E-state index < -0.39 is 0 Å². The number of amides is 1. The fourth-order valence-corrected chi connectivity index (χ4v) is 1.64. The second-order valence-electron chi connectivity index (χ2n) is 3.75. The predicted octanol–water partition coefficient (Wildman–Crippen LogP) is 1.68. The van der Waals surface area contributed by atoms with Crippen molar-refractivity contribution in [3.05, 3.63) is 30.3 Å². The van der Waals surface area contributed by atoms with Gasteiger partial charge in [0, 0.05) is 30.7 Å². The Morgan fingerprint density at radius 1 is 1.19 bits per heavy atom. The zero-order chi connectivity index (χ0) is 11.2. The molecule has 1 N–H and O–H groups in total. The van der Waals surface area contributed by atoms with Gasteiger partial charge in [0.2, 0.25) is 0 Å². The SMILES string of the molecule is O=C(C#CN1CCCC1)Nc1ccccc1. The van der Waals surface area contributed by atoms with E-state index in [1.54, 1.807) is 0 Å². The molecule has 1 aliphatic rings. The Kier molecular flexibility index (Phi) is 3.45. The van der Waals surface area contributed by atoms with Gasteiger partial charge in [0.05, 0.1) is 0 Å². The molecule has 0 radical (unpaired) electrons. The molecule has 3 heteroatoms. The lowest BCUT2D eigenvalue weighted by atomic mass is 10.3. The first-order chi connectivity index (χ1) is 7.84. The molecule has 1 aliphatic heterocycles. The van der Waals surface area contributed by atoms with E-state index in [1.807, 2.05) is 35.2 Å². The Labute approximate surface area is 95.5 Å². The highest BCUT2D eigenvalue weighted by Gasteiger charge is 2.06. The molecule has 0 atom stereocenters. The lowest BCUT2D eigenvalue weighted by molar-refractivity contribution is -0.111. The van der Waals surface area contributed by atoms with E-state index in [0.717, 1.165) is 18.8 Å². The zero-order valence-corrected chi connectivity index (χ0v) is 9.07. The quantitative estimate of drug-likeness (QED) is 0.721. The van der Waals surface area contributed by atoms with Crippen molar-refractivity contribution in [1.82, 2.24) is 4.90 Å². The molecule has 0 saturated carbocycles. The molecule has 1 aromatic carbocycles. The number of likely N-dealkylation sites (tertiary alicyclic amines) is 1. The number of hydrogen-bond donors (Lipinski definition) is 1.